The van der Waals surface area contributed by atoms with Crippen LogP contribution in [0, 0.1) is 10.1 Å². The van der Waals surface area contributed by atoms with Crippen molar-refractivity contribution in [3.8, 4) is 0 Å². The van der Waals surface area contributed by atoms with E-state index in [1.807, 2.05) is 11.8 Å². The van der Waals surface area contributed by atoms with Gasteiger partial charge in [-0.25, -0.2) is 0 Å². The molecule has 6 nitrogen and oxygen atoms in total. The van der Waals surface area contributed by atoms with E-state index in [1.165, 1.54) is 12.1 Å². The molecule has 1 fully saturated rings. The fourth-order valence-corrected chi connectivity index (χ4v) is 2.27. The van der Waals surface area contributed by atoms with Crippen LogP contribution in [0.3, 0.4) is 0 Å². The Morgan fingerprint density at radius 1 is 1.50 bits per heavy atom. The predicted octanol–water partition coefficient (Wildman–Crippen LogP) is 2.65. The number of nitro groups is 1. The third-order valence-corrected chi connectivity index (χ3v) is 3.42. The third-order valence-electron chi connectivity index (χ3n) is 3.42. The van der Waals surface area contributed by atoms with Gasteiger partial charge in [-0.2, -0.15) is 0 Å². The molecule has 0 aliphatic heterocycles. The first-order valence-corrected chi connectivity index (χ1v) is 6.85. The van der Waals surface area contributed by atoms with Crippen molar-refractivity contribution in [2.24, 2.45) is 0 Å². The number of hydrogen-bond acceptors (Lipinski definition) is 4. The summed E-state index contributed by atoms with van der Waals surface area (Å²) in [6.07, 6.45) is 3.02. The first-order chi connectivity index (χ1) is 9.58. The summed E-state index contributed by atoms with van der Waals surface area (Å²) in [4.78, 5) is 24.8. The lowest BCUT2D eigenvalue weighted by atomic mass is 10.1. The molecule has 1 aromatic rings. The Morgan fingerprint density at radius 3 is 2.70 bits per heavy atom. The van der Waals surface area contributed by atoms with Crippen LogP contribution in [0.4, 0.5) is 11.4 Å². The van der Waals surface area contributed by atoms with Crippen LogP contribution in [0.15, 0.2) is 18.2 Å². The number of benzene rings is 1. The number of nitro benzene ring substituents is 1. The van der Waals surface area contributed by atoms with Crippen LogP contribution in [-0.2, 0) is 0 Å². The molecule has 0 spiro atoms. The van der Waals surface area contributed by atoms with E-state index in [0.717, 1.165) is 25.8 Å². The van der Waals surface area contributed by atoms with E-state index in [2.05, 4.69) is 5.32 Å². The molecule has 0 aromatic heterocycles. The molecule has 0 atom stereocenters. The molecule has 0 heterocycles. The molecule has 1 amide bonds. The van der Waals surface area contributed by atoms with E-state index < -0.39 is 4.92 Å². The summed E-state index contributed by atoms with van der Waals surface area (Å²) in [5.74, 6) is -0.0410. The molecule has 108 valence electrons. The minimum Gasteiger partial charge on any atom is -0.383 e. The predicted molar refractivity (Wildman–Crippen MR) is 77.0 cm³/mol. The quantitative estimate of drug-likeness (QED) is 0.640. The molecule has 6 heteroatoms. The molecule has 1 aliphatic carbocycles. The summed E-state index contributed by atoms with van der Waals surface area (Å²) >= 11 is 0. The van der Waals surface area contributed by atoms with Crippen molar-refractivity contribution in [2.45, 2.75) is 32.2 Å². The molecule has 0 bridgehead atoms. The SMILES string of the molecule is CCCN(C(=O)c1ccc([N+](=O)[O-])c(NC)c1)C1CC1. The number of carbonyl (C=O) groups excluding carboxylic acids is 1. The zero-order chi connectivity index (χ0) is 14.7. The zero-order valence-electron chi connectivity index (χ0n) is 11.8. The topological polar surface area (TPSA) is 75.5 Å². The van der Waals surface area contributed by atoms with Gasteiger partial charge < -0.3 is 10.2 Å². The van der Waals surface area contributed by atoms with Gasteiger partial charge >= 0.3 is 0 Å². The van der Waals surface area contributed by atoms with Gasteiger partial charge in [0.25, 0.3) is 11.6 Å². The van der Waals surface area contributed by atoms with Crippen molar-refractivity contribution < 1.29 is 9.72 Å². The van der Waals surface area contributed by atoms with Gasteiger partial charge in [0.15, 0.2) is 0 Å². The smallest absolute Gasteiger partial charge is 0.292 e. The van der Waals surface area contributed by atoms with E-state index in [0.29, 0.717) is 17.3 Å². The highest BCUT2D eigenvalue weighted by atomic mass is 16.6. The highest BCUT2D eigenvalue weighted by molar-refractivity contribution is 5.96. The molecular weight excluding hydrogens is 258 g/mol. The summed E-state index contributed by atoms with van der Waals surface area (Å²) < 4.78 is 0. The lowest BCUT2D eigenvalue weighted by Gasteiger charge is -2.22. The van der Waals surface area contributed by atoms with Gasteiger partial charge in [-0.1, -0.05) is 6.92 Å². The van der Waals surface area contributed by atoms with Gasteiger partial charge in [0.2, 0.25) is 0 Å². The lowest BCUT2D eigenvalue weighted by molar-refractivity contribution is -0.383. The van der Waals surface area contributed by atoms with Crippen molar-refractivity contribution in [3.63, 3.8) is 0 Å². The van der Waals surface area contributed by atoms with Crippen LogP contribution in [0.25, 0.3) is 0 Å². The van der Waals surface area contributed by atoms with Gasteiger partial charge in [0.05, 0.1) is 4.92 Å². The van der Waals surface area contributed by atoms with Crippen LogP contribution in [-0.4, -0.2) is 35.4 Å². The zero-order valence-corrected chi connectivity index (χ0v) is 11.8. The Bertz CT molecular complexity index is 526. The number of nitrogens with zero attached hydrogens (tertiary/aromatic N) is 2. The Kier molecular flexibility index (Phi) is 4.22. The third kappa shape index (κ3) is 2.89. The largest absolute Gasteiger partial charge is 0.383 e. The van der Waals surface area contributed by atoms with Crippen LogP contribution < -0.4 is 5.32 Å². The Hall–Kier alpha value is -2.11. The van der Waals surface area contributed by atoms with Gasteiger partial charge in [0, 0.05) is 31.3 Å². The molecule has 20 heavy (non-hydrogen) atoms. The van der Waals surface area contributed by atoms with E-state index >= 15 is 0 Å². The number of anilines is 1. The Labute approximate surface area is 117 Å². The monoisotopic (exact) mass is 277 g/mol. The second-order valence-electron chi connectivity index (χ2n) is 4.97. The molecule has 1 N–H and O–H groups in total. The number of rotatable bonds is 6. The van der Waals surface area contributed by atoms with Crippen LogP contribution in [0.5, 0.6) is 0 Å². The first kappa shape index (κ1) is 14.3. The molecule has 1 aliphatic rings. The Morgan fingerprint density at radius 2 is 2.20 bits per heavy atom. The minimum atomic E-state index is -0.454. The fraction of sp³-hybridized carbons (Fsp3) is 0.500. The van der Waals surface area contributed by atoms with E-state index in [4.69, 9.17) is 0 Å². The molecule has 2 rings (SSSR count). The van der Waals surface area contributed by atoms with Crippen LogP contribution in [0.1, 0.15) is 36.5 Å². The summed E-state index contributed by atoms with van der Waals surface area (Å²) in [7, 11) is 1.61. The molecule has 1 saturated carbocycles. The summed E-state index contributed by atoms with van der Waals surface area (Å²) in [6.45, 7) is 2.77. The van der Waals surface area contributed by atoms with Gasteiger partial charge in [0.1, 0.15) is 5.69 Å². The van der Waals surface area contributed by atoms with Crippen molar-refractivity contribution in [1.29, 1.82) is 0 Å². The maximum absolute atomic E-state index is 12.5. The average molecular weight is 277 g/mol. The number of amides is 1. The van der Waals surface area contributed by atoms with E-state index in [1.54, 1.807) is 13.1 Å². The van der Waals surface area contributed by atoms with Crippen molar-refractivity contribution in [1.82, 2.24) is 4.90 Å². The molecule has 0 saturated heterocycles. The van der Waals surface area contributed by atoms with Crippen LogP contribution in [0.2, 0.25) is 0 Å². The summed E-state index contributed by atoms with van der Waals surface area (Å²) in [5.41, 5.74) is 0.853. The lowest BCUT2D eigenvalue weighted by Crippen LogP contribution is -2.33. The number of carbonyl (C=O) groups is 1. The van der Waals surface area contributed by atoms with Crippen molar-refractivity contribution in [3.05, 3.63) is 33.9 Å². The molecular formula is C14H19N3O3. The van der Waals surface area contributed by atoms with E-state index in [9.17, 15) is 14.9 Å². The van der Waals surface area contributed by atoms with Gasteiger partial charge in [-0.3, -0.25) is 14.9 Å². The Balaban J connectivity index is 2.27. The second-order valence-corrected chi connectivity index (χ2v) is 4.97. The van der Waals surface area contributed by atoms with Crippen molar-refractivity contribution in [2.75, 3.05) is 18.9 Å². The van der Waals surface area contributed by atoms with Crippen molar-refractivity contribution >= 4 is 17.3 Å². The van der Waals surface area contributed by atoms with Crippen LogP contribution >= 0.6 is 0 Å². The van der Waals surface area contributed by atoms with Gasteiger partial charge in [-0.15, -0.1) is 0 Å². The summed E-state index contributed by atoms with van der Waals surface area (Å²) in [6, 6.07) is 4.82. The highest BCUT2D eigenvalue weighted by Gasteiger charge is 2.32. The normalized spacial score (nSPS) is 13.9. The van der Waals surface area contributed by atoms with Gasteiger partial charge in [-0.05, 0) is 31.4 Å². The fourth-order valence-electron chi connectivity index (χ4n) is 2.27. The summed E-state index contributed by atoms with van der Waals surface area (Å²) in [5, 5.41) is 13.7. The first-order valence-electron chi connectivity index (χ1n) is 6.85. The highest BCUT2D eigenvalue weighted by Crippen LogP contribution is 2.30. The molecule has 1 aromatic carbocycles. The second kappa shape index (κ2) is 5.90. The number of hydrogen-bond donors (Lipinski definition) is 1. The molecule has 0 unspecified atom stereocenters. The average Bonchev–Trinajstić information content (AvgIpc) is 3.27. The standard InChI is InChI=1S/C14H19N3O3/c1-3-8-16(11-5-6-11)14(18)10-4-7-13(17(19)20)12(9-10)15-2/h4,7,9,11,15H,3,5-6,8H2,1-2H3. The number of nitrogens with one attached hydrogen (secondary N) is 1. The maximum Gasteiger partial charge on any atom is 0.292 e. The minimum absolute atomic E-state index is 0.0162. The maximum atomic E-state index is 12.5. The molecule has 0 radical (unpaired) electrons. The van der Waals surface area contributed by atoms with E-state index in [-0.39, 0.29) is 11.6 Å².